The van der Waals surface area contributed by atoms with Crippen molar-refractivity contribution >= 4 is 33.4 Å². The van der Waals surface area contributed by atoms with Crippen LogP contribution < -0.4 is 15.2 Å². The first-order chi connectivity index (χ1) is 16.4. The third-order valence-corrected chi connectivity index (χ3v) is 6.67. The van der Waals surface area contributed by atoms with Crippen LogP contribution in [0.5, 0.6) is 11.5 Å². The molecule has 4 aromatic rings. The predicted molar refractivity (Wildman–Crippen MR) is 131 cm³/mol. The highest BCUT2D eigenvalue weighted by Gasteiger charge is 2.20. The fraction of sp³-hybridized carbons (Fsp3) is 0.154. The predicted octanol–water partition coefficient (Wildman–Crippen LogP) is 4.94. The Bertz CT molecular complexity index is 1380. The van der Waals surface area contributed by atoms with Crippen LogP contribution in [0.4, 0.5) is 0 Å². The van der Waals surface area contributed by atoms with E-state index in [9.17, 15) is 19.8 Å². The molecule has 0 saturated carbocycles. The number of benzene rings is 3. The lowest BCUT2D eigenvalue weighted by atomic mass is 10.0. The molecule has 0 spiro atoms. The maximum Gasteiger partial charge on any atom is 0.346 e. The summed E-state index contributed by atoms with van der Waals surface area (Å²) in [6.07, 6.45) is -0.225. The van der Waals surface area contributed by atoms with Gasteiger partial charge in [-0.3, -0.25) is 4.79 Å². The highest BCUT2D eigenvalue weighted by molar-refractivity contribution is 7.21. The lowest BCUT2D eigenvalue weighted by Crippen LogP contribution is -2.06. The molecule has 0 aliphatic rings. The number of fused-ring (bicyclic) bond motifs is 1. The molecule has 0 fully saturated rings. The average molecular weight is 478 g/mol. The summed E-state index contributed by atoms with van der Waals surface area (Å²) in [7, 11) is 1.51. The molecule has 34 heavy (non-hydrogen) atoms. The molecular formula is C26H23NO6S. The number of carboxylic acids is 2. The molecule has 7 nitrogen and oxygen atoms in total. The minimum Gasteiger partial charge on any atom is -0.497 e. The van der Waals surface area contributed by atoms with E-state index < -0.39 is 11.9 Å². The van der Waals surface area contributed by atoms with E-state index in [2.05, 4.69) is 0 Å². The quantitative estimate of drug-likeness (QED) is 0.312. The maximum absolute atomic E-state index is 12.0. The number of methoxy groups -OCH3 is 1. The van der Waals surface area contributed by atoms with E-state index in [0.717, 1.165) is 26.8 Å². The number of hydrogen-bond acceptors (Lipinski definition) is 6. The Kier molecular flexibility index (Phi) is 6.81. The van der Waals surface area contributed by atoms with E-state index in [4.69, 9.17) is 15.2 Å². The molecule has 174 valence electrons. The largest absolute Gasteiger partial charge is 0.497 e. The van der Waals surface area contributed by atoms with E-state index in [1.54, 1.807) is 18.2 Å². The number of nitrogens with two attached hydrogens (primary N) is 1. The van der Waals surface area contributed by atoms with Crippen LogP contribution in [-0.4, -0.2) is 29.3 Å². The monoisotopic (exact) mass is 477 g/mol. The Balaban J connectivity index is 1.75. The average Bonchev–Trinajstić information content (AvgIpc) is 3.21. The van der Waals surface area contributed by atoms with Gasteiger partial charge in [-0.1, -0.05) is 30.3 Å². The van der Waals surface area contributed by atoms with Crippen LogP contribution in [0.2, 0.25) is 0 Å². The molecule has 0 atom stereocenters. The minimum atomic E-state index is -1.04. The summed E-state index contributed by atoms with van der Waals surface area (Å²) in [6, 6.07) is 18.6. The normalized spacial score (nSPS) is 10.9. The van der Waals surface area contributed by atoms with Crippen molar-refractivity contribution in [2.75, 3.05) is 7.11 Å². The molecule has 0 unspecified atom stereocenters. The first-order valence-corrected chi connectivity index (χ1v) is 11.3. The van der Waals surface area contributed by atoms with E-state index in [0.29, 0.717) is 29.2 Å². The molecule has 1 aromatic heterocycles. The van der Waals surface area contributed by atoms with Gasteiger partial charge in [-0.25, -0.2) is 4.79 Å². The topological polar surface area (TPSA) is 119 Å². The van der Waals surface area contributed by atoms with E-state index >= 15 is 0 Å². The highest BCUT2D eigenvalue weighted by Crippen LogP contribution is 2.36. The fourth-order valence-electron chi connectivity index (χ4n) is 3.78. The van der Waals surface area contributed by atoms with Crippen LogP contribution in [0.3, 0.4) is 0 Å². The molecule has 8 heteroatoms. The van der Waals surface area contributed by atoms with E-state index in [1.165, 1.54) is 18.4 Å². The maximum atomic E-state index is 12.0. The van der Waals surface area contributed by atoms with Crippen molar-refractivity contribution in [1.82, 2.24) is 0 Å². The summed E-state index contributed by atoms with van der Waals surface area (Å²) in [4.78, 5) is 23.5. The number of carboxylic acid groups (broad SMARTS) is 2. The Hall–Kier alpha value is -3.88. The number of aromatic carboxylic acids is 1. The summed E-state index contributed by atoms with van der Waals surface area (Å²) < 4.78 is 12.1. The molecule has 1 heterocycles. The molecule has 4 N–H and O–H groups in total. The molecule has 0 aliphatic carbocycles. The number of ether oxygens (including phenoxy) is 2. The second-order valence-electron chi connectivity index (χ2n) is 7.66. The standard InChI is InChI=1S/C26H23NO6S/c1-32-19-7-5-18(11-24(28)29)22(12-19)33-14-21-20-10-17(16-4-2-3-15(9-16)13-27)6-8-23(20)34-25(21)26(30)31/h2-10,12H,11,13-14,27H2,1H3,(H,28,29)(H,30,31). The number of hydrogen-bond donors (Lipinski definition) is 3. The summed E-state index contributed by atoms with van der Waals surface area (Å²) in [6.45, 7) is 0.393. The lowest BCUT2D eigenvalue weighted by Gasteiger charge is -2.13. The number of rotatable bonds is 9. The van der Waals surface area contributed by atoms with Crippen LogP contribution in [0.15, 0.2) is 60.7 Å². The van der Waals surface area contributed by atoms with Crippen LogP contribution in [0.1, 0.15) is 26.4 Å². The first kappa shape index (κ1) is 23.3. The van der Waals surface area contributed by atoms with Gasteiger partial charge in [0.15, 0.2) is 0 Å². The van der Waals surface area contributed by atoms with Gasteiger partial charge in [0.25, 0.3) is 0 Å². The van der Waals surface area contributed by atoms with Gasteiger partial charge in [0.05, 0.1) is 13.5 Å². The van der Waals surface area contributed by atoms with E-state index in [-0.39, 0.29) is 17.9 Å². The van der Waals surface area contributed by atoms with Crippen molar-refractivity contribution in [3.63, 3.8) is 0 Å². The minimum absolute atomic E-state index is 0.0340. The summed E-state index contributed by atoms with van der Waals surface area (Å²) in [5.74, 6) is -1.18. The highest BCUT2D eigenvalue weighted by atomic mass is 32.1. The Morgan fingerprint density at radius 2 is 1.79 bits per heavy atom. The number of aliphatic carboxylic acids is 1. The number of carbonyl (C=O) groups is 2. The van der Waals surface area contributed by atoms with Crippen LogP contribution >= 0.6 is 11.3 Å². The fourth-order valence-corrected chi connectivity index (χ4v) is 4.80. The van der Waals surface area contributed by atoms with Gasteiger partial charge in [-0.15, -0.1) is 11.3 Å². The molecule has 0 amide bonds. The summed E-state index contributed by atoms with van der Waals surface area (Å²) in [5.41, 5.74) is 9.71. The zero-order chi connectivity index (χ0) is 24.2. The van der Waals surface area contributed by atoms with Crippen molar-refractivity contribution in [2.24, 2.45) is 5.73 Å². The Labute approximate surface area is 200 Å². The Morgan fingerprint density at radius 3 is 2.50 bits per heavy atom. The second-order valence-corrected chi connectivity index (χ2v) is 8.72. The summed E-state index contributed by atoms with van der Waals surface area (Å²) >= 11 is 1.18. The smallest absolute Gasteiger partial charge is 0.346 e. The van der Waals surface area contributed by atoms with Gasteiger partial charge >= 0.3 is 11.9 Å². The SMILES string of the molecule is COc1ccc(CC(=O)O)c(OCc2c(C(=O)O)sc3ccc(-c4cccc(CN)c4)cc23)c1. The summed E-state index contributed by atoms with van der Waals surface area (Å²) in [5, 5.41) is 19.8. The van der Waals surface area contributed by atoms with Gasteiger partial charge in [0, 0.05) is 33.8 Å². The third-order valence-electron chi connectivity index (χ3n) is 5.47. The van der Waals surface area contributed by atoms with Crippen LogP contribution in [-0.2, 0) is 24.4 Å². The number of thiophene rings is 1. The molecular weight excluding hydrogens is 454 g/mol. The van der Waals surface area contributed by atoms with Gasteiger partial charge < -0.3 is 25.4 Å². The Morgan fingerprint density at radius 1 is 1.00 bits per heavy atom. The van der Waals surface area contributed by atoms with Crippen molar-refractivity contribution in [3.8, 4) is 22.6 Å². The molecule has 3 aromatic carbocycles. The van der Waals surface area contributed by atoms with Gasteiger partial charge in [0.1, 0.15) is 23.0 Å². The van der Waals surface area contributed by atoms with Gasteiger partial charge in [-0.05, 0) is 41.0 Å². The zero-order valence-electron chi connectivity index (χ0n) is 18.4. The van der Waals surface area contributed by atoms with Gasteiger partial charge in [0.2, 0.25) is 0 Å². The molecule has 0 radical (unpaired) electrons. The van der Waals surface area contributed by atoms with Crippen molar-refractivity contribution in [2.45, 2.75) is 19.6 Å². The van der Waals surface area contributed by atoms with Crippen molar-refractivity contribution < 1.29 is 29.3 Å². The lowest BCUT2D eigenvalue weighted by molar-refractivity contribution is -0.136. The van der Waals surface area contributed by atoms with Crippen LogP contribution in [0.25, 0.3) is 21.2 Å². The third kappa shape index (κ3) is 4.88. The van der Waals surface area contributed by atoms with Crippen LogP contribution in [0, 0.1) is 0 Å². The first-order valence-electron chi connectivity index (χ1n) is 10.5. The van der Waals surface area contributed by atoms with E-state index in [1.807, 2.05) is 42.5 Å². The molecule has 0 bridgehead atoms. The second kappa shape index (κ2) is 9.94. The molecule has 0 saturated heterocycles. The van der Waals surface area contributed by atoms with Gasteiger partial charge in [-0.2, -0.15) is 0 Å². The van der Waals surface area contributed by atoms with Crippen molar-refractivity contribution in [3.05, 3.63) is 82.2 Å². The zero-order valence-corrected chi connectivity index (χ0v) is 19.2. The van der Waals surface area contributed by atoms with Crippen molar-refractivity contribution in [1.29, 1.82) is 0 Å². The molecule has 4 rings (SSSR count). The molecule has 0 aliphatic heterocycles.